The molecule has 0 bridgehead atoms. The minimum absolute atomic E-state index is 0.0400. The van der Waals surface area contributed by atoms with Crippen molar-refractivity contribution < 1.29 is 14.3 Å². The molecule has 0 saturated heterocycles. The Kier molecular flexibility index (Phi) is 9.98. The summed E-state index contributed by atoms with van der Waals surface area (Å²) in [6, 6.07) is 11.3. The van der Waals surface area contributed by atoms with Crippen LogP contribution < -0.4 is 10.1 Å². The molecule has 3 aromatic rings. The summed E-state index contributed by atoms with van der Waals surface area (Å²) < 4.78 is 7.02. The van der Waals surface area contributed by atoms with E-state index in [9.17, 15) is 9.59 Å². The van der Waals surface area contributed by atoms with E-state index in [1.54, 1.807) is 49.6 Å². The van der Waals surface area contributed by atoms with Crippen molar-refractivity contribution in [3.63, 3.8) is 0 Å². The van der Waals surface area contributed by atoms with E-state index in [4.69, 9.17) is 27.9 Å². The van der Waals surface area contributed by atoms with Gasteiger partial charge in [-0.2, -0.15) is 0 Å². The highest BCUT2D eigenvalue weighted by Gasteiger charge is 2.25. The number of hydrogen-bond acceptors (Lipinski definition) is 6. The molecule has 0 aliphatic heterocycles. The van der Waals surface area contributed by atoms with Gasteiger partial charge in [0.2, 0.25) is 0 Å². The molecule has 3 rings (SSSR count). The number of ether oxygens (including phenoxy) is 1. The molecule has 10 heteroatoms. The second kappa shape index (κ2) is 12.9. The van der Waals surface area contributed by atoms with Gasteiger partial charge in [-0.15, -0.1) is 16.8 Å². The first kappa shape index (κ1) is 27.8. The molecule has 0 radical (unpaired) electrons. The van der Waals surface area contributed by atoms with Gasteiger partial charge in [0.1, 0.15) is 5.75 Å². The van der Waals surface area contributed by atoms with Gasteiger partial charge in [-0.1, -0.05) is 54.9 Å². The van der Waals surface area contributed by atoms with Gasteiger partial charge >= 0.3 is 0 Å². The van der Waals surface area contributed by atoms with E-state index in [1.165, 1.54) is 17.8 Å². The molecule has 0 spiro atoms. The largest absolute Gasteiger partial charge is 0.497 e. The van der Waals surface area contributed by atoms with Gasteiger partial charge in [0.15, 0.2) is 16.8 Å². The van der Waals surface area contributed by atoms with Crippen molar-refractivity contribution in [2.75, 3.05) is 12.9 Å². The molecule has 2 aromatic carbocycles. The lowest BCUT2D eigenvalue weighted by Crippen LogP contribution is -2.32. The standard InChI is InChI=1S/C26H28Cl2N4O3S/c1-5-12-32-24(22(13-16(2)3)29-25(34)20-11-8-18(27)14-21(20)28)30-31-26(32)36-15-23(33)17-6-9-19(35-4)10-7-17/h5-11,14,16,22H,1,12-13,15H2,2-4H3,(H,29,34)/t22-/m0/s1. The van der Waals surface area contributed by atoms with Crippen LogP contribution in [-0.2, 0) is 6.54 Å². The molecule has 7 nitrogen and oxygen atoms in total. The third-order valence-electron chi connectivity index (χ3n) is 5.30. The van der Waals surface area contributed by atoms with Crippen molar-refractivity contribution in [1.29, 1.82) is 0 Å². The zero-order valence-electron chi connectivity index (χ0n) is 20.3. The minimum atomic E-state index is -0.427. The van der Waals surface area contributed by atoms with Gasteiger partial charge in [-0.3, -0.25) is 9.59 Å². The summed E-state index contributed by atoms with van der Waals surface area (Å²) in [7, 11) is 1.58. The summed E-state index contributed by atoms with van der Waals surface area (Å²) in [4.78, 5) is 25.8. The summed E-state index contributed by atoms with van der Waals surface area (Å²) >= 11 is 13.5. The van der Waals surface area contributed by atoms with Gasteiger partial charge in [-0.25, -0.2) is 0 Å². The topological polar surface area (TPSA) is 86.1 Å². The third kappa shape index (κ3) is 7.12. The lowest BCUT2D eigenvalue weighted by molar-refractivity contribution is 0.0928. The number of methoxy groups -OCH3 is 1. The summed E-state index contributed by atoms with van der Waals surface area (Å²) in [6.45, 7) is 8.39. The Bertz CT molecular complexity index is 1230. The predicted molar refractivity (Wildman–Crippen MR) is 144 cm³/mol. The average molecular weight is 548 g/mol. The number of nitrogens with one attached hydrogen (secondary N) is 1. The summed E-state index contributed by atoms with van der Waals surface area (Å²) in [5.74, 6) is 1.34. The minimum Gasteiger partial charge on any atom is -0.497 e. The van der Waals surface area contributed by atoms with Crippen LogP contribution in [0.2, 0.25) is 10.0 Å². The summed E-state index contributed by atoms with van der Waals surface area (Å²) in [5, 5.41) is 13.0. The van der Waals surface area contributed by atoms with Crippen LogP contribution >= 0.6 is 35.0 Å². The molecule has 0 fully saturated rings. The Hall–Kier alpha value is -2.81. The van der Waals surface area contributed by atoms with E-state index in [-0.39, 0.29) is 28.4 Å². The molecule has 1 heterocycles. The zero-order chi connectivity index (χ0) is 26.2. The SMILES string of the molecule is C=CCn1c(SCC(=O)c2ccc(OC)cc2)nnc1[C@H](CC(C)C)NC(=O)c1ccc(Cl)cc1Cl. The number of thioether (sulfide) groups is 1. The predicted octanol–water partition coefficient (Wildman–Crippen LogP) is 6.27. The van der Waals surface area contributed by atoms with Crippen molar-refractivity contribution >= 4 is 46.7 Å². The third-order valence-corrected chi connectivity index (χ3v) is 6.82. The maximum absolute atomic E-state index is 13.1. The quantitative estimate of drug-likeness (QED) is 0.163. The van der Waals surface area contributed by atoms with E-state index in [1.807, 2.05) is 4.57 Å². The monoisotopic (exact) mass is 546 g/mol. The van der Waals surface area contributed by atoms with E-state index < -0.39 is 6.04 Å². The molecule has 1 aromatic heterocycles. The number of Topliss-reactive ketones (excluding diaryl/α,β-unsaturated/α-hetero) is 1. The first-order chi connectivity index (χ1) is 17.2. The van der Waals surface area contributed by atoms with Crippen LogP contribution in [-0.4, -0.2) is 39.3 Å². The number of carbonyl (C=O) groups is 2. The summed E-state index contributed by atoms with van der Waals surface area (Å²) in [5.41, 5.74) is 0.910. The normalized spacial score (nSPS) is 11.8. The number of rotatable bonds is 12. The van der Waals surface area contributed by atoms with Gasteiger partial charge in [0.05, 0.1) is 29.5 Å². The van der Waals surface area contributed by atoms with Crippen LogP contribution in [0.1, 0.15) is 52.9 Å². The maximum atomic E-state index is 13.1. The molecule has 0 aliphatic rings. The van der Waals surface area contributed by atoms with Crippen LogP contribution in [0.5, 0.6) is 5.75 Å². The molecule has 0 unspecified atom stereocenters. The number of nitrogens with zero attached hydrogens (tertiary/aromatic N) is 3. The van der Waals surface area contributed by atoms with E-state index in [0.29, 0.717) is 45.8 Å². The van der Waals surface area contributed by atoms with E-state index in [2.05, 4.69) is 35.9 Å². The van der Waals surface area contributed by atoms with E-state index in [0.717, 1.165) is 0 Å². The number of benzene rings is 2. The second-order valence-electron chi connectivity index (χ2n) is 8.46. The number of amides is 1. The number of aromatic nitrogens is 3. The first-order valence-corrected chi connectivity index (χ1v) is 13.1. The Labute approximate surface area is 225 Å². The Balaban J connectivity index is 1.82. The van der Waals surface area contributed by atoms with Crippen LogP contribution in [0.25, 0.3) is 0 Å². The maximum Gasteiger partial charge on any atom is 0.253 e. The fourth-order valence-electron chi connectivity index (χ4n) is 3.57. The highest BCUT2D eigenvalue weighted by molar-refractivity contribution is 7.99. The fraction of sp³-hybridized carbons (Fsp3) is 0.308. The average Bonchev–Trinajstić information content (AvgIpc) is 3.24. The van der Waals surface area contributed by atoms with Crippen molar-refractivity contribution in [2.24, 2.45) is 5.92 Å². The molecule has 1 N–H and O–H groups in total. The second-order valence-corrected chi connectivity index (χ2v) is 10.2. The number of allylic oxidation sites excluding steroid dienone is 1. The van der Waals surface area contributed by atoms with Crippen molar-refractivity contribution in [3.05, 3.63) is 82.1 Å². The van der Waals surface area contributed by atoms with Crippen LogP contribution in [0, 0.1) is 5.92 Å². The molecule has 1 atom stereocenters. The number of halogens is 2. The molecule has 0 aliphatic carbocycles. The fourth-order valence-corrected chi connectivity index (χ4v) is 4.91. The van der Waals surface area contributed by atoms with Crippen molar-refractivity contribution in [3.8, 4) is 5.75 Å². The highest BCUT2D eigenvalue weighted by atomic mass is 35.5. The molecule has 190 valence electrons. The van der Waals surface area contributed by atoms with Crippen molar-refractivity contribution in [1.82, 2.24) is 20.1 Å². The zero-order valence-corrected chi connectivity index (χ0v) is 22.7. The van der Waals surface area contributed by atoms with Crippen molar-refractivity contribution in [2.45, 2.75) is 38.0 Å². The number of carbonyl (C=O) groups excluding carboxylic acids is 2. The van der Waals surface area contributed by atoms with Gasteiger partial charge in [-0.05, 0) is 54.8 Å². The number of ketones is 1. The van der Waals surface area contributed by atoms with E-state index >= 15 is 0 Å². The molecule has 1 amide bonds. The van der Waals surface area contributed by atoms with Crippen LogP contribution in [0.3, 0.4) is 0 Å². The molecule has 36 heavy (non-hydrogen) atoms. The molecular formula is C26H28Cl2N4O3S. The smallest absolute Gasteiger partial charge is 0.253 e. The number of hydrogen-bond donors (Lipinski definition) is 1. The van der Waals surface area contributed by atoms with Gasteiger partial charge in [0, 0.05) is 17.1 Å². The molecular weight excluding hydrogens is 519 g/mol. The van der Waals surface area contributed by atoms with Crippen LogP contribution in [0.4, 0.5) is 0 Å². The highest BCUT2D eigenvalue weighted by Crippen LogP contribution is 2.27. The Morgan fingerprint density at radius 3 is 2.50 bits per heavy atom. The lowest BCUT2D eigenvalue weighted by Gasteiger charge is -2.21. The van der Waals surface area contributed by atoms with Crippen LogP contribution in [0.15, 0.2) is 60.3 Å². The van der Waals surface area contributed by atoms with Gasteiger partial charge in [0.25, 0.3) is 5.91 Å². The first-order valence-electron chi connectivity index (χ1n) is 11.3. The Morgan fingerprint density at radius 2 is 1.89 bits per heavy atom. The molecule has 0 saturated carbocycles. The van der Waals surface area contributed by atoms with Gasteiger partial charge < -0.3 is 14.6 Å². The summed E-state index contributed by atoms with van der Waals surface area (Å²) in [6.07, 6.45) is 2.36. The Morgan fingerprint density at radius 1 is 1.17 bits per heavy atom. The lowest BCUT2D eigenvalue weighted by atomic mass is 10.0.